The molecule has 3 N–H and O–H groups in total. The minimum atomic E-state index is -4.53. The summed E-state index contributed by atoms with van der Waals surface area (Å²) in [4.78, 5) is 47.1. The molecule has 0 fully saturated rings. The molecule has 30 heavy (non-hydrogen) atoms. The fourth-order valence-electron chi connectivity index (χ4n) is 2.34. The van der Waals surface area contributed by atoms with Gasteiger partial charge in [-0.2, -0.15) is 13.2 Å². The van der Waals surface area contributed by atoms with Crippen molar-refractivity contribution in [3.63, 3.8) is 0 Å². The Hall–Kier alpha value is -3.57. The van der Waals surface area contributed by atoms with Crippen LogP contribution in [0, 0.1) is 0 Å². The van der Waals surface area contributed by atoms with Crippen molar-refractivity contribution in [2.45, 2.75) is 13.1 Å². The molecule has 0 saturated heterocycles. The van der Waals surface area contributed by atoms with E-state index in [2.05, 4.69) is 16.0 Å². The number of esters is 2. The Bertz CT molecular complexity index is 865. The van der Waals surface area contributed by atoms with Gasteiger partial charge in [-0.05, 0) is 31.2 Å². The third-order valence-electron chi connectivity index (χ3n) is 3.82. The monoisotopic (exact) mass is 429 g/mol. The number of urea groups is 1. The van der Waals surface area contributed by atoms with E-state index in [0.717, 1.165) is 24.3 Å². The molecule has 12 heteroatoms. The molecule has 1 aliphatic rings. The number of carbonyl (C=O) groups excluding carboxylic acids is 4. The standard InChI is InChI=1S/C18H18F3N3O6/c1-2-29-16(27)12-7-23-17(28)24-13(12)9-30-14(25)8-22-15(26)10-3-5-11(6-4-10)18(19,20)21/h3-6H,2,7-9H2,1H3,(H,22,26)(H2,23,24,28). The average molecular weight is 429 g/mol. The zero-order valence-corrected chi connectivity index (χ0v) is 15.7. The fourth-order valence-corrected chi connectivity index (χ4v) is 2.34. The van der Waals surface area contributed by atoms with Gasteiger partial charge in [0, 0.05) is 5.56 Å². The Morgan fingerprint density at radius 2 is 1.80 bits per heavy atom. The van der Waals surface area contributed by atoms with E-state index >= 15 is 0 Å². The molecule has 1 aliphatic heterocycles. The lowest BCUT2D eigenvalue weighted by Crippen LogP contribution is -2.45. The number of rotatable bonds is 7. The summed E-state index contributed by atoms with van der Waals surface area (Å²) in [6.07, 6.45) is -4.53. The maximum atomic E-state index is 12.5. The lowest BCUT2D eigenvalue weighted by atomic mass is 10.1. The van der Waals surface area contributed by atoms with Crippen molar-refractivity contribution in [2.75, 3.05) is 26.3 Å². The van der Waals surface area contributed by atoms with Gasteiger partial charge in [-0.3, -0.25) is 9.59 Å². The smallest absolute Gasteiger partial charge is 0.416 e. The van der Waals surface area contributed by atoms with Crippen LogP contribution in [0.5, 0.6) is 0 Å². The van der Waals surface area contributed by atoms with Crippen LogP contribution in [0.25, 0.3) is 0 Å². The van der Waals surface area contributed by atoms with Gasteiger partial charge in [-0.25, -0.2) is 9.59 Å². The van der Waals surface area contributed by atoms with Crippen molar-refractivity contribution in [3.8, 4) is 0 Å². The second-order valence-electron chi connectivity index (χ2n) is 5.90. The lowest BCUT2D eigenvalue weighted by molar-refractivity contribution is -0.142. The highest BCUT2D eigenvalue weighted by atomic mass is 19.4. The summed E-state index contributed by atoms with van der Waals surface area (Å²) in [6, 6.07) is 2.85. The highest BCUT2D eigenvalue weighted by Gasteiger charge is 2.30. The number of nitrogens with one attached hydrogen (secondary N) is 3. The maximum Gasteiger partial charge on any atom is 0.416 e. The van der Waals surface area contributed by atoms with Gasteiger partial charge in [0.2, 0.25) is 0 Å². The van der Waals surface area contributed by atoms with Gasteiger partial charge in [-0.15, -0.1) is 0 Å². The average Bonchev–Trinajstić information content (AvgIpc) is 2.70. The van der Waals surface area contributed by atoms with E-state index in [-0.39, 0.29) is 30.0 Å². The number of amides is 3. The van der Waals surface area contributed by atoms with E-state index in [9.17, 15) is 32.3 Å². The van der Waals surface area contributed by atoms with Gasteiger partial charge in [0.25, 0.3) is 5.91 Å². The topological polar surface area (TPSA) is 123 Å². The predicted molar refractivity (Wildman–Crippen MR) is 94.9 cm³/mol. The minimum Gasteiger partial charge on any atom is -0.463 e. The van der Waals surface area contributed by atoms with E-state index in [4.69, 9.17) is 9.47 Å². The molecule has 0 atom stereocenters. The van der Waals surface area contributed by atoms with Crippen LogP contribution in [0.3, 0.4) is 0 Å². The van der Waals surface area contributed by atoms with E-state index < -0.39 is 48.8 Å². The number of benzene rings is 1. The van der Waals surface area contributed by atoms with Crippen LogP contribution in [0.15, 0.2) is 35.5 Å². The Labute approximate surface area is 168 Å². The van der Waals surface area contributed by atoms with Gasteiger partial charge in [0.1, 0.15) is 13.2 Å². The van der Waals surface area contributed by atoms with E-state index in [1.54, 1.807) is 6.92 Å². The third-order valence-corrected chi connectivity index (χ3v) is 3.82. The Balaban J connectivity index is 1.90. The summed E-state index contributed by atoms with van der Waals surface area (Å²) in [7, 11) is 0. The molecule has 9 nitrogen and oxygen atoms in total. The Morgan fingerprint density at radius 1 is 1.13 bits per heavy atom. The van der Waals surface area contributed by atoms with E-state index in [1.165, 1.54) is 0 Å². The van der Waals surface area contributed by atoms with Gasteiger partial charge in [0.05, 0.1) is 30.0 Å². The number of halogens is 3. The first-order valence-electron chi connectivity index (χ1n) is 8.67. The fraction of sp³-hybridized carbons (Fsp3) is 0.333. The first-order chi connectivity index (χ1) is 14.1. The Morgan fingerprint density at radius 3 is 2.40 bits per heavy atom. The zero-order chi connectivity index (χ0) is 22.3. The number of carbonyl (C=O) groups is 4. The summed E-state index contributed by atoms with van der Waals surface area (Å²) >= 11 is 0. The molecule has 2 rings (SSSR count). The van der Waals surface area contributed by atoms with Gasteiger partial charge in [-0.1, -0.05) is 0 Å². The molecule has 1 heterocycles. The molecular weight excluding hydrogens is 411 g/mol. The summed E-state index contributed by atoms with van der Waals surface area (Å²) in [6.45, 7) is 0.582. The van der Waals surface area contributed by atoms with Crippen molar-refractivity contribution in [2.24, 2.45) is 0 Å². The second-order valence-corrected chi connectivity index (χ2v) is 5.90. The van der Waals surface area contributed by atoms with Crippen LogP contribution in [0.4, 0.5) is 18.0 Å². The lowest BCUT2D eigenvalue weighted by Gasteiger charge is -2.21. The molecule has 0 spiro atoms. The van der Waals surface area contributed by atoms with Crippen LogP contribution in [0.2, 0.25) is 0 Å². The van der Waals surface area contributed by atoms with Crippen molar-refractivity contribution in [1.82, 2.24) is 16.0 Å². The van der Waals surface area contributed by atoms with Gasteiger partial charge < -0.3 is 25.4 Å². The van der Waals surface area contributed by atoms with E-state index in [0.29, 0.717) is 0 Å². The number of hydrogen-bond donors (Lipinski definition) is 3. The number of ether oxygens (including phenoxy) is 2. The highest BCUT2D eigenvalue weighted by Crippen LogP contribution is 2.29. The van der Waals surface area contributed by atoms with E-state index in [1.807, 2.05) is 0 Å². The molecule has 0 aromatic heterocycles. The van der Waals surface area contributed by atoms with Crippen molar-refractivity contribution >= 4 is 23.9 Å². The van der Waals surface area contributed by atoms with Crippen molar-refractivity contribution in [3.05, 3.63) is 46.7 Å². The van der Waals surface area contributed by atoms with Crippen LogP contribution >= 0.6 is 0 Å². The quantitative estimate of drug-likeness (QED) is 0.558. The molecule has 0 aliphatic carbocycles. The summed E-state index contributed by atoms with van der Waals surface area (Å²) in [5.74, 6) is -2.35. The largest absolute Gasteiger partial charge is 0.463 e. The molecule has 0 bridgehead atoms. The molecule has 1 aromatic rings. The first-order valence-corrected chi connectivity index (χ1v) is 8.67. The van der Waals surface area contributed by atoms with Crippen LogP contribution in [-0.4, -0.2) is 50.2 Å². The molecule has 162 valence electrons. The second kappa shape index (κ2) is 9.76. The SMILES string of the molecule is CCOC(=O)C1=C(COC(=O)CNC(=O)c2ccc(C(F)(F)F)cc2)NC(=O)NC1. The molecule has 0 unspecified atom stereocenters. The summed E-state index contributed by atoms with van der Waals surface area (Å²) in [5, 5.41) is 6.93. The normalized spacial score (nSPS) is 13.8. The minimum absolute atomic E-state index is 0.0413. The van der Waals surface area contributed by atoms with Crippen LogP contribution in [-0.2, 0) is 25.2 Å². The number of alkyl halides is 3. The van der Waals surface area contributed by atoms with Gasteiger partial charge in [0.15, 0.2) is 0 Å². The van der Waals surface area contributed by atoms with Gasteiger partial charge >= 0.3 is 24.1 Å². The molecule has 1 aromatic carbocycles. The summed E-state index contributed by atoms with van der Waals surface area (Å²) in [5.41, 5.74) is -0.862. The predicted octanol–water partition coefficient (Wildman–Crippen LogP) is 1.11. The Kier molecular flexibility index (Phi) is 7.39. The maximum absolute atomic E-state index is 12.5. The van der Waals surface area contributed by atoms with Crippen molar-refractivity contribution in [1.29, 1.82) is 0 Å². The third kappa shape index (κ3) is 6.22. The zero-order valence-electron chi connectivity index (χ0n) is 15.7. The molecule has 0 radical (unpaired) electrons. The number of hydrogen-bond acceptors (Lipinski definition) is 6. The van der Waals surface area contributed by atoms with Crippen LogP contribution < -0.4 is 16.0 Å². The molecular formula is C18H18F3N3O6. The van der Waals surface area contributed by atoms with Crippen molar-refractivity contribution < 1.29 is 41.8 Å². The summed E-state index contributed by atoms with van der Waals surface area (Å²) < 4.78 is 47.4. The first kappa shape index (κ1) is 22.7. The van der Waals surface area contributed by atoms with Crippen LogP contribution in [0.1, 0.15) is 22.8 Å². The molecule has 0 saturated carbocycles. The molecule has 3 amide bonds. The highest BCUT2D eigenvalue weighted by molar-refractivity contribution is 5.96.